The third kappa shape index (κ3) is 4.70. The lowest BCUT2D eigenvalue weighted by Gasteiger charge is -2.24. The van der Waals surface area contributed by atoms with E-state index in [1.807, 2.05) is 0 Å². The van der Waals surface area contributed by atoms with Gasteiger partial charge >= 0.3 is 6.09 Å². The highest BCUT2D eigenvalue weighted by molar-refractivity contribution is 5.85. The molecule has 1 unspecified atom stereocenters. The van der Waals surface area contributed by atoms with Crippen LogP contribution in [0.3, 0.4) is 0 Å². The second-order valence-electron chi connectivity index (χ2n) is 6.41. The van der Waals surface area contributed by atoms with Crippen molar-refractivity contribution in [3.05, 3.63) is 29.6 Å². The molecule has 0 bridgehead atoms. The molecule has 116 valence electrons. The van der Waals surface area contributed by atoms with Crippen LogP contribution in [0.5, 0.6) is 0 Å². The summed E-state index contributed by atoms with van der Waals surface area (Å²) < 4.78 is 19.2. The smallest absolute Gasteiger partial charge is 0.412 e. The second-order valence-corrected chi connectivity index (χ2v) is 6.41. The largest absolute Gasteiger partial charge is 0.444 e. The third-order valence-corrected chi connectivity index (χ3v) is 3.38. The summed E-state index contributed by atoms with van der Waals surface area (Å²) in [6, 6.07) is 4.66. The summed E-state index contributed by atoms with van der Waals surface area (Å²) in [4.78, 5) is 11.8. The van der Waals surface area contributed by atoms with E-state index in [0.29, 0.717) is 11.3 Å². The topological polar surface area (TPSA) is 50.4 Å². The maximum atomic E-state index is 14.0. The van der Waals surface area contributed by atoms with E-state index in [1.165, 1.54) is 6.07 Å². The van der Waals surface area contributed by atoms with Crippen LogP contribution in [0, 0.1) is 5.82 Å². The molecule has 1 aromatic rings. The monoisotopic (exact) mass is 294 g/mol. The summed E-state index contributed by atoms with van der Waals surface area (Å²) in [5.41, 5.74) is 0.655. The van der Waals surface area contributed by atoms with Gasteiger partial charge in [-0.3, -0.25) is 5.32 Å². The lowest BCUT2D eigenvalue weighted by atomic mass is 9.91. The quantitative estimate of drug-likeness (QED) is 0.875. The number of ether oxygens (including phenoxy) is 1. The average molecular weight is 294 g/mol. The Morgan fingerprint density at radius 3 is 2.81 bits per heavy atom. The summed E-state index contributed by atoms with van der Waals surface area (Å²) in [5, 5.41) is 5.93. The molecular formula is C16H23FN2O2. The molecule has 0 spiro atoms. The first-order valence-electron chi connectivity index (χ1n) is 7.35. The van der Waals surface area contributed by atoms with Gasteiger partial charge in [0.25, 0.3) is 0 Å². The number of rotatable bonds is 2. The van der Waals surface area contributed by atoms with Crippen molar-refractivity contribution in [1.29, 1.82) is 0 Å². The number of amides is 1. The van der Waals surface area contributed by atoms with Crippen LogP contribution in [0.25, 0.3) is 0 Å². The van der Waals surface area contributed by atoms with Gasteiger partial charge in [-0.15, -0.1) is 0 Å². The number of benzene rings is 1. The fraction of sp³-hybridized carbons (Fsp3) is 0.562. The van der Waals surface area contributed by atoms with E-state index in [0.717, 1.165) is 25.9 Å². The highest BCUT2D eigenvalue weighted by Gasteiger charge is 2.20. The van der Waals surface area contributed by atoms with Crippen LogP contribution in [0.15, 0.2) is 18.2 Å². The zero-order valence-electron chi connectivity index (χ0n) is 12.8. The predicted octanol–water partition coefficient (Wildman–Crippen LogP) is 3.64. The highest BCUT2D eigenvalue weighted by Crippen LogP contribution is 2.28. The van der Waals surface area contributed by atoms with E-state index in [1.54, 1.807) is 32.9 Å². The summed E-state index contributed by atoms with van der Waals surface area (Å²) >= 11 is 0. The van der Waals surface area contributed by atoms with Crippen molar-refractivity contribution in [1.82, 2.24) is 5.32 Å². The standard InChI is InChI=1S/C16H23FN2O2/c1-16(2,3)21-15(20)19-12-6-7-14(17)13(9-12)11-5-4-8-18-10-11/h6-7,9,11,18H,4-5,8,10H2,1-3H3,(H,19,20). The molecule has 1 aliphatic rings. The maximum absolute atomic E-state index is 14.0. The Labute approximate surface area is 125 Å². The van der Waals surface area contributed by atoms with Crippen LogP contribution >= 0.6 is 0 Å². The van der Waals surface area contributed by atoms with Gasteiger partial charge in [-0.05, 0) is 69.8 Å². The molecule has 1 atom stereocenters. The van der Waals surface area contributed by atoms with Gasteiger partial charge in [-0.25, -0.2) is 9.18 Å². The first-order chi connectivity index (χ1) is 9.85. The van der Waals surface area contributed by atoms with Crippen LogP contribution in [0.2, 0.25) is 0 Å². The lowest BCUT2D eigenvalue weighted by Crippen LogP contribution is -2.29. The normalized spacial score (nSPS) is 19.1. The van der Waals surface area contributed by atoms with E-state index < -0.39 is 11.7 Å². The second kappa shape index (κ2) is 6.43. The summed E-state index contributed by atoms with van der Waals surface area (Å²) in [5.74, 6) is -0.0717. The van der Waals surface area contributed by atoms with Crippen LogP contribution in [-0.4, -0.2) is 24.8 Å². The molecule has 0 radical (unpaired) electrons. The number of piperidine rings is 1. The molecule has 2 N–H and O–H groups in total. The first kappa shape index (κ1) is 15.8. The maximum Gasteiger partial charge on any atom is 0.412 e. The Morgan fingerprint density at radius 2 is 2.19 bits per heavy atom. The Kier molecular flexibility index (Phi) is 4.83. The van der Waals surface area contributed by atoms with Crippen molar-refractivity contribution in [2.75, 3.05) is 18.4 Å². The molecule has 1 fully saturated rings. The van der Waals surface area contributed by atoms with Crippen LogP contribution in [0.4, 0.5) is 14.9 Å². The molecule has 1 aromatic carbocycles. The number of anilines is 1. The van der Waals surface area contributed by atoms with Gasteiger partial charge in [-0.1, -0.05) is 0 Å². The minimum absolute atomic E-state index is 0.152. The molecular weight excluding hydrogens is 271 g/mol. The zero-order chi connectivity index (χ0) is 15.5. The van der Waals surface area contributed by atoms with E-state index in [4.69, 9.17) is 4.74 Å². The molecule has 21 heavy (non-hydrogen) atoms. The molecule has 1 amide bonds. The van der Waals surface area contributed by atoms with Crippen molar-refractivity contribution < 1.29 is 13.9 Å². The summed E-state index contributed by atoms with van der Waals surface area (Å²) in [6.07, 6.45) is 1.47. The number of hydrogen-bond acceptors (Lipinski definition) is 3. The van der Waals surface area contributed by atoms with Crippen LogP contribution < -0.4 is 10.6 Å². The molecule has 2 rings (SSSR count). The van der Waals surface area contributed by atoms with Crippen molar-refractivity contribution in [3.63, 3.8) is 0 Å². The molecule has 4 nitrogen and oxygen atoms in total. The zero-order valence-corrected chi connectivity index (χ0v) is 12.8. The van der Waals surface area contributed by atoms with Gasteiger partial charge in [0.05, 0.1) is 0 Å². The van der Waals surface area contributed by atoms with Crippen molar-refractivity contribution >= 4 is 11.8 Å². The third-order valence-electron chi connectivity index (χ3n) is 3.38. The van der Waals surface area contributed by atoms with Gasteiger partial charge in [0.15, 0.2) is 0 Å². The van der Waals surface area contributed by atoms with Crippen LogP contribution in [0.1, 0.15) is 45.1 Å². The van der Waals surface area contributed by atoms with Gasteiger partial charge in [-0.2, -0.15) is 0 Å². The fourth-order valence-corrected chi connectivity index (χ4v) is 2.47. The molecule has 0 saturated carbocycles. The van der Waals surface area contributed by atoms with Gasteiger partial charge in [0.1, 0.15) is 11.4 Å². The van der Waals surface area contributed by atoms with Crippen molar-refractivity contribution in [2.24, 2.45) is 0 Å². The number of carbonyl (C=O) groups excluding carboxylic acids is 1. The first-order valence-corrected chi connectivity index (χ1v) is 7.35. The minimum Gasteiger partial charge on any atom is -0.444 e. The van der Waals surface area contributed by atoms with E-state index in [2.05, 4.69) is 10.6 Å². The summed E-state index contributed by atoms with van der Waals surface area (Å²) in [6.45, 7) is 7.16. The number of carbonyl (C=O) groups is 1. The molecule has 0 aliphatic carbocycles. The SMILES string of the molecule is CC(C)(C)OC(=O)Nc1ccc(F)c(C2CCCNC2)c1. The number of halogens is 1. The number of hydrogen-bond donors (Lipinski definition) is 2. The highest BCUT2D eigenvalue weighted by atomic mass is 19.1. The molecule has 0 aromatic heterocycles. The lowest BCUT2D eigenvalue weighted by molar-refractivity contribution is 0.0636. The molecule has 1 heterocycles. The fourth-order valence-electron chi connectivity index (χ4n) is 2.47. The minimum atomic E-state index is -0.555. The van der Waals surface area contributed by atoms with Crippen molar-refractivity contribution in [2.45, 2.75) is 45.1 Å². The average Bonchev–Trinajstić information content (AvgIpc) is 2.40. The Bertz CT molecular complexity index is 505. The Balaban J connectivity index is 2.09. The van der Waals surface area contributed by atoms with Crippen molar-refractivity contribution in [3.8, 4) is 0 Å². The van der Waals surface area contributed by atoms with Gasteiger partial charge < -0.3 is 10.1 Å². The Hall–Kier alpha value is -1.62. The Morgan fingerprint density at radius 1 is 1.43 bits per heavy atom. The van der Waals surface area contributed by atoms with E-state index >= 15 is 0 Å². The van der Waals surface area contributed by atoms with Crippen LogP contribution in [-0.2, 0) is 4.74 Å². The number of nitrogens with one attached hydrogen (secondary N) is 2. The predicted molar refractivity (Wildman–Crippen MR) is 81.1 cm³/mol. The van der Waals surface area contributed by atoms with E-state index in [-0.39, 0.29) is 11.7 Å². The van der Waals surface area contributed by atoms with Gasteiger partial charge in [0.2, 0.25) is 0 Å². The molecule has 1 aliphatic heterocycles. The van der Waals surface area contributed by atoms with E-state index in [9.17, 15) is 9.18 Å². The summed E-state index contributed by atoms with van der Waals surface area (Å²) in [7, 11) is 0. The molecule has 5 heteroatoms. The molecule has 1 saturated heterocycles. The van der Waals surface area contributed by atoms with Gasteiger partial charge in [0, 0.05) is 12.2 Å².